The van der Waals surface area contributed by atoms with Crippen LogP contribution in [0.2, 0.25) is 0 Å². The van der Waals surface area contributed by atoms with Gasteiger partial charge in [0.1, 0.15) is 5.75 Å². The van der Waals surface area contributed by atoms with Crippen LogP contribution in [0.3, 0.4) is 0 Å². The van der Waals surface area contributed by atoms with Gasteiger partial charge in [-0.05, 0) is 19.9 Å². The third-order valence-electron chi connectivity index (χ3n) is 2.08. The maximum Gasteiger partial charge on any atom is 0.269 e. The van der Waals surface area contributed by atoms with Gasteiger partial charge in [-0.15, -0.1) is 0 Å². The SMILES string of the molecule is C[C](C)c1cc([N+](=O)[O-])ccc1OC(C)C. The van der Waals surface area contributed by atoms with Crippen molar-refractivity contribution in [3.63, 3.8) is 0 Å². The second-order valence-electron chi connectivity index (χ2n) is 4.10. The van der Waals surface area contributed by atoms with Crippen molar-refractivity contribution in [3.05, 3.63) is 39.8 Å². The summed E-state index contributed by atoms with van der Waals surface area (Å²) in [7, 11) is 0. The Morgan fingerprint density at radius 1 is 1.38 bits per heavy atom. The molecule has 1 aromatic rings. The largest absolute Gasteiger partial charge is 0.491 e. The highest BCUT2D eigenvalue weighted by Gasteiger charge is 2.15. The number of rotatable bonds is 4. The van der Waals surface area contributed by atoms with Gasteiger partial charge in [0, 0.05) is 23.6 Å². The van der Waals surface area contributed by atoms with Crippen LogP contribution in [0.4, 0.5) is 5.69 Å². The van der Waals surface area contributed by atoms with E-state index in [1.54, 1.807) is 12.1 Å². The molecular formula is C12H16NO3. The molecular weight excluding hydrogens is 206 g/mol. The molecule has 0 heterocycles. The lowest BCUT2D eigenvalue weighted by Gasteiger charge is -2.15. The van der Waals surface area contributed by atoms with Crippen molar-refractivity contribution in [2.24, 2.45) is 0 Å². The van der Waals surface area contributed by atoms with Crippen LogP contribution in [-0.4, -0.2) is 11.0 Å². The fraction of sp³-hybridized carbons (Fsp3) is 0.417. The number of hydrogen-bond donors (Lipinski definition) is 0. The average Bonchev–Trinajstić information content (AvgIpc) is 2.16. The van der Waals surface area contributed by atoms with E-state index >= 15 is 0 Å². The van der Waals surface area contributed by atoms with E-state index in [1.165, 1.54) is 6.07 Å². The van der Waals surface area contributed by atoms with Gasteiger partial charge in [-0.3, -0.25) is 10.1 Å². The summed E-state index contributed by atoms with van der Waals surface area (Å²) < 4.78 is 5.60. The van der Waals surface area contributed by atoms with Gasteiger partial charge in [0.05, 0.1) is 11.0 Å². The van der Waals surface area contributed by atoms with Crippen LogP contribution in [-0.2, 0) is 0 Å². The molecule has 0 amide bonds. The van der Waals surface area contributed by atoms with Crippen molar-refractivity contribution >= 4 is 5.69 Å². The number of nitro groups is 1. The van der Waals surface area contributed by atoms with Gasteiger partial charge < -0.3 is 4.74 Å². The van der Waals surface area contributed by atoms with Crippen molar-refractivity contribution in [1.82, 2.24) is 0 Å². The lowest BCUT2D eigenvalue weighted by molar-refractivity contribution is -0.384. The van der Waals surface area contributed by atoms with E-state index in [2.05, 4.69) is 0 Å². The number of non-ortho nitro benzene ring substituents is 1. The molecule has 0 spiro atoms. The van der Waals surface area contributed by atoms with E-state index in [-0.39, 0.29) is 11.8 Å². The van der Waals surface area contributed by atoms with Crippen LogP contribution in [0.5, 0.6) is 5.75 Å². The molecule has 0 fully saturated rings. The van der Waals surface area contributed by atoms with E-state index in [9.17, 15) is 10.1 Å². The Labute approximate surface area is 95.4 Å². The Morgan fingerprint density at radius 3 is 2.44 bits per heavy atom. The molecule has 0 unspecified atom stereocenters. The summed E-state index contributed by atoms with van der Waals surface area (Å²) in [4.78, 5) is 10.3. The quantitative estimate of drug-likeness (QED) is 0.580. The Kier molecular flexibility index (Phi) is 3.88. The van der Waals surface area contributed by atoms with E-state index in [0.29, 0.717) is 5.75 Å². The van der Waals surface area contributed by atoms with Crippen LogP contribution in [0.15, 0.2) is 18.2 Å². The summed E-state index contributed by atoms with van der Waals surface area (Å²) in [6.07, 6.45) is 0.0551. The first-order chi connectivity index (χ1) is 7.41. The highest BCUT2D eigenvalue weighted by molar-refractivity contribution is 5.49. The molecule has 0 aromatic heterocycles. The molecule has 0 N–H and O–H groups in total. The van der Waals surface area contributed by atoms with E-state index in [1.807, 2.05) is 27.7 Å². The summed E-state index contributed by atoms with van der Waals surface area (Å²) >= 11 is 0. The molecule has 0 aliphatic heterocycles. The zero-order chi connectivity index (χ0) is 12.3. The molecule has 0 saturated heterocycles. The predicted octanol–water partition coefficient (Wildman–Crippen LogP) is 3.34. The van der Waals surface area contributed by atoms with Gasteiger partial charge in [-0.2, -0.15) is 0 Å². The maximum absolute atomic E-state index is 10.7. The second-order valence-corrected chi connectivity index (χ2v) is 4.10. The molecule has 1 rings (SSSR count). The lowest BCUT2D eigenvalue weighted by Crippen LogP contribution is -2.08. The maximum atomic E-state index is 10.7. The summed E-state index contributed by atoms with van der Waals surface area (Å²) in [6.45, 7) is 7.67. The minimum absolute atomic E-state index is 0.0551. The monoisotopic (exact) mass is 222 g/mol. The fourth-order valence-corrected chi connectivity index (χ4v) is 1.38. The third kappa shape index (κ3) is 2.95. The van der Waals surface area contributed by atoms with Gasteiger partial charge in [-0.1, -0.05) is 13.8 Å². The summed E-state index contributed by atoms with van der Waals surface area (Å²) in [5, 5.41) is 10.7. The first kappa shape index (κ1) is 12.5. The molecule has 87 valence electrons. The Balaban J connectivity index is 3.14. The van der Waals surface area contributed by atoms with Crippen LogP contribution >= 0.6 is 0 Å². The van der Waals surface area contributed by atoms with Gasteiger partial charge in [0.15, 0.2) is 0 Å². The zero-order valence-corrected chi connectivity index (χ0v) is 9.98. The number of nitrogens with zero attached hydrogens (tertiary/aromatic N) is 1. The first-order valence-electron chi connectivity index (χ1n) is 5.17. The fourth-order valence-electron chi connectivity index (χ4n) is 1.38. The van der Waals surface area contributed by atoms with Gasteiger partial charge >= 0.3 is 0 Å². The Hall–Kier alpha value is -1.58. The van der Waals surface area contributed by atoms with Crippen molar-refractivity contribution in [2.75, 3.05) is 0 Å². The normalized spacial score (nSPS) is 10.9. The topological polar surface area (TPSA) is 52.4 Å². The van der Waals surface area contributed by atoms with Crippen molar-refractivity contribution in [3.8, 4) is 5.75 Å². The zero-order valence-electron chi connectivity index (χ0n) is 9.98. The van der Waals surface area contributed by atoms with Crippen LogP contribution < -0.4 is 4.74 Å². The standard InChI is InChI=1S/C12H16NO3/c1-8(2)11-7-10(13(14)15)5-6-12(11)16-9(3)4/h5-7,9H,1-4H3. The molecule has 4 nitrogen and oxygen atoms in total. The molecule has 0 atom stereocenters. The molecule has 1 radical (unpaired) electrons. The van der Waals surface area contributed by atoms with Crippen LogP contribution in [0.1, 0.15) is 33.3 Å². The molecule has 16 heavy (non-hydrogen) atoms. The third-order valence-corrected chi connectivity index (χ3v) is 2.08. The van der Waals surface area contributed by atoms with E-state index in [0.717, 1.165) is 11.5 Å². The highest BCUT2D eigenvalue weighted by atomic mass is 16.6. The van der Waals surface area contributed by atoms with Crippen molar-refractivity contribution < 1.29 is 9.66 Å². The van der Waals surface area contributed by atoms with E-state index < -0.39 is 4.92 Å². The molecule has 0 bridgehead atoms. The number of hydrogen-bond acceptors (Lipinski definition) is 3. The number of ether oxygens (including phenoxy) is 1. The highest BCUT2D eigenvalue weighted by Crippen LogP contribution is 2.30. The minimum Gasteiger partial charge on any atom is -0.491 e. The molecule has 0 aliphatic rings. The second kappa shape index (κ2) is 4.96. The molecule has 4 heteroatoms. The molecule has 0 saturated carbocycles. The van der Waals surface area contributed by atoms with Gasteiger partial charge in [-0.25, -0.2) is 0 Å². The first-order valence-corrected chi connectivity index (χ1v) is 5.17. The average molecular weight is 222 g/mol. The van der Waals surface area contributed by atoms with Crippen molar-refractivity contribution in [1.29, 1.82) is 0 Å². The van der Waals surface area contributed by atoms with Crippen molar-refractivity contribution in [2.45, 2.75) is 33.8 Å². The van der Waals surface area contributed by atoms with E-state index in [4.69, 9.17) is 4.74 Å². The number of nitro benzene ring substituents is 1. The summed E-state index contributed by atoms with van der Waals surface area (Å²) in [5.74, 6) is 1.69. The minimum atomic E-state index is -0.397. The number of benzene rings is 1. The Bertz CT molecular complexity index is 386. The van der Waals surface area contributed by atoms with Gasteiger partial charge in [0.2, 0.25) is 0 Å². The van der Waals surface area contributed by atoms with Crippen LogP contribution in [0, 0.1) is 16.0 Å². The molecule has 1 aromatic carbocycles. The predicted molar refractivity (Wildman–Crippen MR) is 62.6 cm³/mol. The Morgan fingerprint density at radius 2 is 2.00 bits per heavy atom. The summed E-state index contributed by atoms with van der Waals surface area (Å²) in [5.41, 5.74) is 0.884. The lowest BCUT2D eigenvalue weighted by atomic mass is 10.0. The summed E-state index contributed by atoms with van der Waals surface area (Å²) in [6, 6.07) is 4.66. The molecule has 0 aliphatic carbocycles. The van der Waals surface area contributed by atoms with Gasteiger partial charge in [0.25, 0.3) is 5.69 Å². The smallest absolute Gasteiger partial charge is 0.269 e. The van der Waals surface area contributed by atoms with Crippen LogP contribution in [0.25, 0.3) is 0 Å².